The second-order valence-electron chi connectivity index (χ2n) is 4.34. The minimum absolute atomic E-state index is 0.714. The fourth-order valence-corrected chi connectivity index (χ4v) is 2.44. The van der Waals surface area contributed by atoms with E-state index in [1.807, 2.05) is 0 Å². The number of nitrogens with zero attached hydrogens (tertiary/aromatic N) is 1. The molecule has 1 saturated heterocycles. The zero-order valence-corrected chi connectivity index (χ0v) is 9.23. The number of nitrogens with two attached hydrogens (primary N) is 1. The average molecular weight is 204 g/mol. The molecule has 0 saturated carbocycles. The van der Waals surface area contributed by atoms with Crippen LogP contribution in [0.1, 0.15) is 24.3 Å². The van der Waals surface area contributed by atoms with E-state index in [1.165, 1.54) is 31.5 Å². The van der Waals surface area contributed by atoms with Gasteiger partial charge in [-0.2, -0.15) is 0 Å². The van der Waals surface area contributed by atoms with Crippen molar-refractivity contribution < 1.29 is 0 Å². The van der Waals surface area contributed by atoms with Crippen LogP contribution in [0.15, 0.2) is 30.3 Å². The number of benzene rings is 1. The lowest BCUT2D eigenvalue weighted by Gasteiger charge is -2.32. The molecule has 1 heterocycles. The molecule has 2 nitrogen and oxygen atoms in total. The summed E-state index contributed by atoms with van der Waals surface area (Å²) in [5, 5.41) is 0. The van der Waals surface area contributed by atoms with Gasteiger partial charge in [0.05, 0.1) is 0 Å². The Morgan fingerprint density at radius 3 is 2.80 bits per heavy atom. The molecule has 1 aromatic carbocycles. The summed E-state index contributed by atoms with van der Waals surface area (Å²) in [5.74, 6) is 0.714. The Morgan fingerprint density at radius 2 is 2.07 bits per heavy atom. The first kappa shape index (κ1) is 10.7. The number of hydrogen-bond acceptors (Lipinski definition) is 2. The minimum atomic E-state index is 0.714. The Balaban J connectivity index is 1.98. The van der Waals surface area contributed by atoms with Crippen LogP contribution in [-0.2, 0) is 0 Å². The van der Waals surface area contributed by atoms with Crippen LogP contribution < -0.4 is 5.73 Å². The van der Waals surface area contributed by atoms with Gasteiger partial charge < -0.3 is 10.6 Å². The third kappa shape index (κ3) is 2.80. The number of hydrogen-bond donors (Lipinski definition) is 1. The van der Waals surface area contributed by atoms with Crippen molar-refractivity contribution in [2.45, 2.75) is 18.8 Å². The molecular formula is C13H20N2. The Morgan fingerprint density at radius 1 is 1.27 bits per heavy atom. The van der Waals surface area contributed by atoms with Gasteiger partial charge in [-0.05, 0) is 30.9 Å². The van der Waals surface area contributed by atoms with Gasteiger partial charge in [0, 0.05) is 19.6 Å². The van der Waals surface area contributed by atoms with Gasteiger partial charge in [0.2, 0.25) is 0 Å². The van der Waals surface area contributed by atoms with Gasteiger partial charge in [0.25, 0.3) is 0 Å². The van der Waals surface area contributed by atoms with Gasteiger partial charge in [-0.25, -0.2) is 0 Å². The Kier molecular flexibility index (Phi) is 3.75. The van der Waals surface area contributed by atoms with Gasteiger partial charge in [-0.15, -0.1) is 0 Å². The summed E-state index contributed by atoms with van der Waals surface area (Å²) in [4.78, 5) is 2.49. The van der Waals surface area contributed by atoms with Crippen LogP contribution in [0.3, 0.4) is 0 Å². The van der Waals surface area contributed by atoms with E-state index in [-0.39, 0.29) is 0 Å². The van der Waals surface area contributed by atoms with E-state index in [9.17, 15) is 0 Å². The van der Waals surface area contributed by atoms with Crippen molar-refractivity contribution in [3.63, 3.8) is 0 Å². The SMILES string of the molecule is NCCN1CCCC(c2ccccc2)C1. The first-order valence-corrected chi connectivity index (χ1v) is 5.87. The molecule has 82 valence electrons. The molecule has 2 N–H and O–H groups in total. The highest BCUT2D eigenvalue weighted by molar-refractivity contribution is 5.20. The summed E-state index contributed by atoms with van der Waals surface area (Å²) in [7, 11) is 0. The number of rotatable bonds is 3. The molecule has 2 heteroatoms. The topological polar surface area (TPSA) is 29.3 Å². The molecule has 0 aliphatic carbocycles. The maximum Gasteiger partial charge on any atom is 0.0105 e. The van der Waals surface area contributed by atoms with E-state index < -0.39 is 0 Å². The second kappa shape index (κ2) is 5.29. The molecular weight excluding hydrogens is 184 g/mol. The first-order chi connectivity index (χ1) is 7.40. The van der Waals surface area contributed by atoms with Gasteiger partial charge in [-0.1, -0.05) is 30.3 Å². The summed E-state index contributed by atoms with van der Waals surface area (Å²) in [5.41, 5.74) is 7.09. The van der Waals surface area contributed by atoms with Gasteiger partial charge in [-0.3, -0.25) is 0 Å². The maximum absolute atomic E-state index is 5.60. The normalized spacial score (nSPS) is 22.9. The van der Waals surface area contributed by atoms with Crippen molar-refractivity contribution >= 4 is 0 Å². The van der Waals surface area contributed by atoms with E-state index in [2.05, 4.69) is 35.2 Å². The van der Waals surface area contributed by atoms with Gasteiger partial charge >= 0.3 is 0 Å². The third-order valence-electron chi connectivity index (χ3n) is 3.22. The van der Waals surface area contributed by atoms with Crippen molar-refractivity contribution in [1.29, 1.82) is 0 Å². The Labute approximate surface area is 92.1 Å². The molecule has 1 aromatic rings. The van der Waals surface area contributed by atoms with Crippen LogP contribution in [0.25, 0.3) is 0 Å². The molecule has 1 unspecified atom stereocenters. The van der Waals surface area contributed by atoms with Crippen molar-refractivity contribution in [2.75, 3.05) is 26.2 Å². The Hall–Kier alpha value is -0.860. The van der Waals surface area contributed by atoms with Crippen LogP contribution in [0.4, 0.5) is 0 Å². The molecule has 1 aliphatic rings. The molecule has 0 bridgehead atoms. The zero-order valence-electron chi connectivity index (χ0n) is 9.23. The number of piperidine rings is 1. The second-order valence-corrected chi connectivity index (χ2v) is 4.34. The monoisotopic (exact) mass is 204 g/mol. The van der Waals surface area contributed by atoms with Crippen LogP contribution in [0, 0.1) is 0 Å². The molecule has 0 radical (unpaired) electrons. The maximum atomic E-state index is 5.60. The molecule has 2 rings (SSSR count). The number of likely N-dealkylation sites (tertiary alicyclic amines) is 1. The molecule has 1 aliphatic heterocycles. The predicted molar refractivity (Wildman–Crippen MR) is 63.9 cm³/mol. The average Bonchev–Trinajstić information content (AvgIpc) is 2.31. The van der Waals surface area contributed by atoms with E-state index >= 15 is 0 Å². The van der Waals surface area contributed by atoms with Gasteiger partial charge in [0.15, 0.2) is 0 Å². The lowest BCUT2D eigenvalue weighted by atomic mass is 9.91. The molecule has 0 amide bonds. The highest BCUT2D eigenvalue weighted by atomic mass is 15.1. The molecule has 0 spiro atoms. The highest BCUT2D eigenvalue weighted by Gasteiger charge is 2.20. The fourth-order valence-electron chi connectivity index (χ4n) is 2.44. The lowest BCUT2D eigenvalue weighted by molar-refractivity contribution is 0.213. The molecule has 15 heavy (non-hydrogen) atoms. The zero-order chi connectivity index (χ0) is 10.5. The van der Waals surface area contributed by atoms with Crippen LogP contribution in [0.2, 0.25) is 0 Å². The third-order valence-corrected chi connectivity index (χ3v) is 3.22. The van der Waals surface area contributed by atoms with Crippen LogP contribution in [0.5, 0.6) is 0 Å². The summed E-state index contributed by atoms with van der Waals surface area (Å²) in [6.07, 6.45) is 2.63. The van der Waals surface area contributed by atoms with Crippen LogP contribution >= 0.6 is 0 Å². The summed E-state index contributed by atoms with van der Waals surface area (Å²) in [6, 6.07) is 10.9. The first-order valence-electron chi connectivity index (χ1n) is 5.87. The van der Waals surface area contributed by atoms with Crippen molar-refractivity contribution in [3.05, 3.63) is 35.9 Å². The summed E-state index contributed by atoms with van der Waals surface area (Å²) >= 11 is 0. The van der Waals surface area contributed by atoms with E-state index in [0.29, 0.717) is 5.92 Å². The highest BCUT2D eigenvalue weighted by Crippen LogP contribution is 2.26. The largest absolute Gasteiger partial charge is 0.329 e. The fraction of sp³-hybridized carbons (Fsp3) is 0.538. The van der Waals surface area contributed by atoms with E-state index in [4.69, 9.17) is 5.73 Å². The van der Waals surface area contributed by atoms with Crippen molar-refractivity contribution in [2.24, 2.45) is 5.73 Å². The smallest absolute Gasteiger partial charge is 0.0105 e. The van der Waals surface area contributed by atoms with Crippen molar-refractivity contribution in [3.8, 4) is 0 Å². The summed E-state index contributed by atoms with van der Waals surface area (Å²) < 4.78 is 0. The van der Waals surface area contributed by atoms with Crippen molar-refractivity contribution in [1.82, 2.24) is 4.90 Å². The van der Waals surface area contributed by atoms with Crippen LogP contribution in [-0.4, -0.2) is 31.1 Å². The molecule has 0 aromatic heterocycles. The summed E-state index contributed by atoms with van der Waals surface area (Å²) in [6.45, 7) is 4.23. The molecule has 1 atom stereocenters. The van der Waals surface area contributed by atoms with Gasteiger partial charge in [0.1, 0.15) is 0 Å². The van der Waals surface area contributed by atoms with E-state index in [0.717, 1.165) is 13.1 Å². The molecule has 1 fully saturated rings. The predicted octanol–water partition coefficient (Wildman–Crippen LogP) is 1.82. The van der Waals surface area contributed by atoms with E-state index in [1.54, 1.807) is 0 Å². The Bertz CT molecular complexity index is 282. The quantitative estimate of drug-likeness (QED) is 0.814. The minimum Gasteiger partial charge on any atom is -0.329 e. The standard InChI is InChI=1S/C13H20N2/c14-8-10-15-9-4-7-13(11-15)12-5-2-1-3-6-12/h1-3,5-6,13H,4,7-11,14H2. The lowest BCUT2D eigenvalue weighted by Crippen LogP contribution is -2.37.